The molecular formula is C18H22ClN. The van der Waals surface area contributed by atoms with Crippen LogP contribution < -0.4 is 5.32 Å². The second-order valence-electron chi connectivity index (χ2n) is 5.43. The molecule has 0 aliphatic carbocycles. The smallest absolute Gasteiger partial charge is 0.0406 e. The average molecular weight is 288 g/mol. The van der Waals surface area contributed by atoms with E-state index in [1.54, 1.807) is 0 Å². The molecule has 1 nitrogen and oxygen atoms in total. The van der Waals surface area contributed by atoms with Gasteiger partial charge in [0.25, 0.3) is 0 Å². The lowest BCUT2D eigenvalue weighted by atomic mass is 9.91. The van der Waals surface area contributed by atoms with Crippen molar-refractivity contribution in [3.05, 3.63) is 69.7 Å². The lowest BCUT2D eigenvalue weighted by molar-refractivity contribution is 0.625. The molecule has 0 fully saturated rings. The molecule has 0 heterocycles. The van der Waals surface area contributed by atoms with Crippen LogP contribution in [-0.2, 0) is 6.42 Å². The van der Waals surface area contributed by atoms with Crippen molar-refractivity contribution < 1.29 is 0 Å². The summed E-state index contributed by atoms with van der Waals surface area (Å²) < 4.78 is 0. The van der Waals surface area contributed by atoms with E-state index >= 15 is 0 Å². The summed E-state index contributed by atoms with van der Waals surface area (Å²) >= 11 is 5.98. The van der Waals surface area contributed by atoms with Crippen LogP contribution in [0.25, 0.3) is 0 Å². The zero-order valence-electron chi connectivity index (χ0n) is 12.4. The summed E-state index contributed by atoms with van der Waals surface area (Å²) in [5, 5.41) is 4.09. The molecule has 1 N–H and O–H groups in total. The molecule has 0 saturated heterocycles. The van der Waals surface area contributed by atoms with Crippen molar-refractivity contribution in [2.45, 2.75) is 26.2 Å². The number of benzene rings is 2. The van der Waals surface area contributed by atoms with E-state index in [1.165, 1.54) is 22.3 Å². The third kappa shape index (κ3) is 3.84. The van der Waals surface area contributed by atoms with Gasteiger partial charge >= 0.3 is 0 Å². The molecule has 2 aromatic rings. The highest BCUT2D eigenvalue weighted by Crippen LogP contribution is 2.23. The predicted octanol–water partition coefficient (Wildman–Crippen LogP) is 4.50. The minimum Gasteiger partial charge on any atom is -0.319 e. The number of nitrogens with one attached hydrogen (secondary N) is 1. The van der Waals surface area contributed by atoms with Gasteiger partial charge in [-0.15, -0.1) is 0 Å². The largest absolute Gasteiger partial charge is 0.319 e. The van der Waals surface area contributed by atoms with Gasteiger partial charge in [-0.1, -0.05) is 41.9 Å². The second kappa shape index (κ2) is 6.92. The third-order valence-corrected chi connectivity index (χ3v) is 4.10. The average Bonchev–Trinajstić information content (AvgIpc) is 2.43. The second-order valence-corrected chi connectivity index (χ2v) is 5.87. The molecule has 2 heteroatoms. The van der Waals surface area contributed by atoms with Crippen LogP contribution in [0.5, 0.6) is 0 Å². The molecule has 0 aromatic heterocycles. The van der Waals surface area contributed by atoms with Gasteiger partial charge in [-0.3, -0.25) is 0 Å². The number of hydrogen-bond donors (Lipinski definition) is 1. The minimum absolute atomic E-state index is 0.472. The first kappa shape index (κ1) is 15.1. The molecule has 0 aliphatic rings. The van der Waals surface area contributed by atoms with Crippen LogP contribution in [0, 0.1) is 13.8 Å². The third-order valence-electron chi connectivity index (χ3n) is 3.85. The van der Waals surface area contributed by atoms with E-state index in [0.29, 0.717) is 5.92 Å². The minimum atomic E-state index is 0.472. The summed E-state index contributed by atoms with van der Waals surface area (Å²) in [5.41, 5.74) is 5.44. The van der Waals surface area contributed by atoms with Crippen molar-refractivity contribution in [3.8, 4) is 0 Å². The van der Waals surface area contributed by atoms with Crippen molar-refractivity contribution in [3.63, 3.8) is 0 Å². The normalized spacial score (nSPS) is 12.4. The zero-order valence-corrected chi connectivity index (χ0v) is 13.2. The van der Waals surface area contributed by atoms with E-state index in [-0.39, 0.29) is 0 Å². The molecule has 2 aromatic carbocycles. The number of halogens is 1. The first-order valence-corrected chi connectivity index (χ1v) is 7.44. The molecule has 1 unspecified atom stereocenters. The Labute approximate surface area is 127 Å². The number of rotatable bonds is 5. The van der Waals surface area contributed by atoms with E-state index in [4.69, 9.17) is 11.6 Å². The van der Waals surface area contributed by atoms with Gasteiger partial charge in [0.05, 0.1) is 0 Å². The Morgan fingerprint density at radius 2 is 1.70 bits per heavy atom. The van der Waals surface area contributed by atoms with Crippen molar-refractivity contribution >= 4 is 11.6 Å². The Hall–Kier alpha value is -1.31. The summed E-state index contributed by atoms with van der Waals surface area (Å²) in [7, 11) is 2.00. The lowest BCUT2D eigenvalue weighted by Crippen LogP contribution is -2.19. The predicted molar refractivity (Wildman–Crippen MR) is 87.7 cm³/mol. The van der Waals surface area contributed by atoms with E-state index in [9.17, 15) is 0 Å². The Morgan fingerprint density at radius 3 is 2.30 bits per heavy atom. The van der Waals surface area contributed by atoms with Gasteiger partial charge in [-0.05, 0) is 61.7 Å². The summed E-state index contributed by atoms with van der Waals surface area (Å²) in [6.45, 7) is 5.30. The van der Waals surface area contributed by atoms with Gasteiger partial charge in [0.2, 0.25) is 0 Å². The number of aryl methyl sites for hydroxylation is 2. The maximum Gasteiger partial charge on any atom is 0.0406 e. The fraction of sp³-hybridized carbons (Fsp3) is 0.333. The first-order chi connectivity index (χ1) is 9.60. The molecule has 0 radical (unpaired) electrons. The maximum atomic E-state index is 5.98. The van der Waals surface area contributed by atoms with Gasteiger partial charge in [-0.25, -0.2) is 0 Å². The highest BCUT2D eigenvalue weighted by Gasteiger charge is 2.12. The molecule has 0 bridgehead atoms. The lowest BCUT2D eigenvalue weighted by Gasteiger charge is -2.18. The van der Waals surface area contributed by atoms with Gasteiger partial charge in [0.1, 0.15) is 0 Å². The van der Waals surface area contributed by atoms with E-state index < -0.39 is 0 Å². The summed E-state index contributed by atoms with van der Waals surface area (Å²) in [6.07, 6.45) is 1.05. The Kier molecular flexibility index (Phi) is 5.22. The molecule has 0 spiro atoms. The molecule has 0 saturated carbocycles. The number of likely N-dealkylation sites (N-methyl/N-ethyl adjacent to an activating group) is 1. The van der Waals surface area contributed by atoms with E-state index in [0.717, 1.165) is 18.0 Å². The van der Waals surface area contributed by atoms with E-state index in [1.807, 2.05) is 19.2 Å². The molecule has 1 atom stereocenters. The van der Waals surface area contributed by atoms with Crippen LogP contribution in [0.2, 0.25) is 5.02 Å². The van der Waals surface area contributed by atoms with Crippen LogP contribution in [0.3, 0.4) is 0 Å². The monoisotopic (exact) mass is 287 g/mol. The van der Waals surface area contributed by atoms with Crippen LogP contribution in [-0.4, -0.2) is 13.6 Å². The highest BCUT2D eigenvalue weighted by atomic mass is 35.5. The van der Waals surface area contributed by atoms with Gasteiger partial charge in [0, 0.05) is 17.5 Å². The Bertz CT molecular complexity index is 560. The van der Waals surface area contributed by atoms with Crippen LogP contribution in [0.15, 0.2) is 42.5 Å². The molecular weight excluding hydrogens is 266 g/mol. The van der Waals surface area contributed by atoms with E-state index in [2.05, 4.69) is 49.5 Å². The van der Waals surface area contributed by atoms with Crippen molar-refractivity contribution in [1.29, 1.82) is 0 Å². The highest BCUT2D eigenvalue weighted by molar-refractivity contribution is 6.30. The van der Waals surface area contributed by atoms with Crippen molar-refractivity contribution in [1.82, 2.24) is 5.32 Å². The van der Waals surface area contributed by atoms with Crippen LogP contribution in [0.1, 0.15) is 28.2 Å². The molecule has 0 amide bonds. The summed E-state index contributed by atoms with van der Waals surface area (Å²) in [5.74, 6) is 0.472. The van der Waals surface area contributed by atoms with Crippen molar-refractivity contribution in [2.75, 3.05) is 13.6 Å². The standard InChI is InChI=1S/C18H22ClN/c1-13-4-5-15(10-14(13)2)11-17(12-20-3)16-6-8-18(19)9-7-16/h4-10,17,20H,11-12H2,1-3H3. The van der Waals surface area contributed by atoms with Gasteiger partial charge in [0.15, 0.2) is 0 Å². The Morgan fingerprint density at radius 1 is 1.00 bits per heavy atom. The fourth-order valence-corrected chi connectivity index (χ4v) is 2.63. The SMILES string of the molecule is CNCC(Cc1ccc(C)c(C)c1)c1ccc(Cl)cc1. The topological polar surface area (TPSA) is 12.0 Å². The van der Waals surface area contributed by atoms with Gasteiger partial charge < -0.3 is 5.32 Å². The summed E-state index contributed by atoms with van der Waals surface area (Å²) in [4.78, 5) is 0. The van der Waals surface area contributed by atoms with Crippen LogP contribution >= 0.6 is 11.6 Å². The summed E-state index contributed by atoms with van der Waals surface area (Å²) in [6, 6.07) is 15.0. The zero-order chi connectivity index (χ0) is 14.5. The van der Waals surface area contributed by atoms with Crippen molar-refractivity contribution in [2.24, 2.45) is 0 Å². The molecule has 20 heavy (non-hydrogen) atoms. The van der Waals surface area contributed by atoms with Crippen LogP contribution in [0.4, 0.5) is 0 Å². The molecule has 106 valence electrons. The maximum absolute atomic E-state index is 5.98. The Balaban J connectivity index is 2.20. The quantitative estimate of drug-likeness (QED) is 0.853. The fourth-order valence-electron chi connectivity index (χ4n) is 2.50. The first-order valence-electron chi connectivity index (χ1n) is 7.06. The molecule has 2 rings (SSSR count). The number of hydrogen-bond acceptors (Lipinski definition) is 1. The van der Waals surface area contributed by atoms with Gasteiger partial charge in [-0.2, -0.15) is 0 Å². The molecule has 0 aliphatic heterocycles.